The van der Waals surface area contributed by atoms with Gasteiger partial charge in [-0.1, -0.05) is 0 Å². The van der Waals surface area contributed by atoms with Crippen LogP contribution in [0.5, 0.6) is 0 Å². The Kier molecular flexibility index (Phi) is 2.44. The average molecular weight is 211 g/mol. The molecule has 68 valence electrons. The molecule has 0 radical (unpaired) electrons. The van der Waals surface area contributed by atoms with Gasteiger partial charge in [0.25, 0.3) is 0 Å². The second kappa shape index (κ2) is 3.57. The second-order valence-corrected chi connectivity index (χ2v) is 5.09. The molecule has 0 bridgehead atoms. The number of hydrogen-bond acceptors (Lipinski definition) is 4. The zero-order valence-corrected chi connectivity index (χ0v) is 8.78. The highest BCUT2D eigenvalue weighted by atomic mass is 32.1. The highest BCUT2D eigenvalue weighted by molar-refractivity contribution is 7.21. The smallest absolute Gasteiger partial charge is 0.119 e. The summed E-state index contributed by atoms with van der Waals surface area (Å²) in [5.74, 6) is 0. The molecule has 0 aliphatic carbocycles. The molecular weight excluding hydrogens is 202 g/mol. The highest BCUT2D eigenvalue weighted by Crippen LogP contribution is 2.31. The minimum atomic E-state index is 0.0367. The molecule has 2 nitrogen and oxygen atoms in total. The van der Waals surface area contributed by atoms with Crippen LogP contribution in [0.3, 0.4) is 0 Å². The minimum absolute atomic E-state index is 0.0367. The molecular formula is C9H9NOS2. The molecule has 0 atom stereocenters. The number of nitrogens with zero attached hydrogens (tertiary/aromatic N) is 1. The third-order valence-electron chi connectivity index (χ3n) is 1.67. The van der Waals surface area contributed by atoms with E-state index < -0.39 is 0 Å². The van der Waals surface area contributed by atoms with Crippen LogP contribution in [0.2, 0.25) is 0 Å². The van der Waals surface area contributed by atoms with Crippen LogP contribution in [0, 0.1) is 6.92 Å². The summed E-state index contributed by atoms with van der Waals surface area (Å²) in [6, 6.07) is 4.19. The van der Waals surface area contributed by atoms with Crippen molar-refractivity contribution in [2.24, 2.45) is 0 Å². The lowest BCUT2D eigenvalue weighted by atomic mass is 10.4. The van der Waals surface area contributed by atoms with E-state index in [0.29, 0.717) is 0 Å². The van der Waals surface area contributed by atoms with Crippen molar-refractivity contribution in [3.05, 3.63) is 28.2 Å². The molecule has 0 unspecified atom stereocenters. The van der Waals surface area contributed by atoms with E-state index in [-0.39, 0.29) is 6.61 Å². The molecule has 2 aromatic heterocycles. The quantitative estimate of drug-likeness (QED) is 0.828. The summed E-state index contributed by atoms with van der Waals surface area (Å²) in [6.45, 7) is 2.12. The fourth-order valence-electron chi connectivity index (χ4n) is 1.06. The zero-order chi connectivity index (χ0) is 9.26. The molecule has 0 aromatic carbocycles. The lowest BCUT2D eigenvalue weighted by molar-refractivity contribution is 0.281. The zero-order valence-electron chi connectivity index (χ0n) is 7.15. The van der Waals surface area contributed by atoms with E-state index in [4.69, 9.17) is 5.11 Å². The van der Waals surface area contributed by atoms with Crippen molar-refractivity contribution >= 4 is 22.7 Å². The normalized spacial score (nSPS) is 10.6. The fraction of sp³-hybridized carbons (Fsp3) is 0.222. The number of hydrogen-bond donors (Lipinski definition) is 1. The second-order valence-electron chi connectivity index (χ2n) is 2.69. The standard InChI is InChI=1S/C9H9NOS2/c1-6-2-3-7(12-6)8-4-10-9(5-11)13-8/h2-4,11H,5H2,1H3. The van der Waals surface area contributed by atoms with Crippen molar-refractivity contribution in [1.29, 1.82) is 0 Å². The molecule has 2 aromatic rings. The van der Waals surface area contributed by atoms with Gasteiger partial charge in [-0.3, -0.25) is 0 Å². The van der Waals surface area contributed by atoms with E-state index in [0.717, 1.165) is 9.88 Å². The van der Waals surface area contributed by atoms with E-state index >= 15 is 0 Å². The lowest BCUT2D eigenvalue weighted by Gasteiger charge is -1.86. The van der Waals surface area contributed by atoms with Crippen LogP contribution in [0.4, 0.5) is 0 Å². The summed E-state index contributed by atoms with van der Waals surface area (Å²) in [7, 11) is 0. The average Bonchev–Trinajstić information content (AvgIpc) is 2.71. The Labute approximate surface area is 84.5 Å². The minimum Gasteiger partial charge on any atom is -0.389 e. The maximum Gasteiger partial charge on any atom is 0.119 e. The summed E-state index contributed by atoms with van der Waals surface area (Å²) in [5.41, 5.74) is 0. The maximum absolute atomic E-state index is 8.85. The number of aromatic nitrogens is 1. The van der Waals surface area contributed by atoms with Crippen LogP contribution in [0.1, 0.15) is 9.88 Å². The number of rotatable bonds is 2. The van der Waals surface area contributed by atoms with Crippen LogP contribution in [0.25, 0.3) is 9.75 Å². The number of aliphatic hydroxyl groups excluding tert-OH is 1. The molecule has 1 N–H and O–H groups in total. The lowest BCUT2D eigenvalue weighted by Crippen LogP contribution is -1.75. The Hall–Kier alpha value is -0.710. The van der Waals surface area contributed by atoms with Crippen LogP contribution in [-0.2, 0) is 6.61 Å². The first kappa shape index (κ1) is 8.87. The van der Waals surface area contributed by atoms with Crippen LogP contribution in [0.15, 0.2) is 18.3 Å². The third kappa shape index (κ3) is 1.80. The largest absolute Gasteiger partial charge is 0.389 e. The van der Waals surface area contributed by atoms with E-state index in [1.807, 2.05) is 6.20 Å². The Balaban J connectivity index is 2.35. The van der Waals surface area contributed by atoms with Crippen LogP contribution >= 0.6 is 22.7 Å². The van der Waals surface area contributed by atoms with Gasteiger partial charge < -0.3 is 5.11 Å². The van der Waals surface area contributed by atoms with Crippen molar-refractivity contribution in [2.75, 3.05) is 0 Å². The van der Waals surface area contributed by atoms with Crippen molar-refractivity contribution in [2.45, 2.75) is 13.5 Å². The van der Waals surface area contributed by atoms with Gasteiger partial charge in [0.2, 0.25) is 0 Å². The molecule has 0 aliphatic heterocycles. The number of thiophene rings is 1. The SMILES string of the molecule is Cc1ccc(-c2cnc(CO)s2)s1. The maximum atomic E-state index is 8.85. The van der Waals surface area contributed by atoms with Gasteiger partial charge in [-0.15, -0.1) is 22.7 Å². The van der Waals surface area contributed by atoms with E-state index in [9.17, 15) is 0 Å². The topological polar surface area (TPSA) is 33.1 Å². The molecule has 0 saturated carbocycles. The first-order valence-corrected chi connectivity index (χ1v) is 5.55. The monoisotopic (exact) mass is 211 g/mol. The summed E-state index contributed by atoms with van der Waals surface area (Å²) in [6.07, 6.45) is 1.82. The molecule has 0 saturated heterocycles. The van der Waals surface area contributed by atoms with Gasteiger partial charge in [0.1, 0.15) is 5.01 Å². The summed E-state index contributed by atoms with van der Waals surface area (Å²) < 4.78 is 0. The molecule has 4 heteroatoms. The first-order chi connectivity index (χ1) is 6.29. The van der Waals surface area contributed by atoms with Crippen molar-refractivity contribution < 1.29 is 5.11 Å². The Morgan fingerprint density at radius 1 is 1.31 bits per heavy atom. The summed E-state index contributed by atoms with van der Waals surface area (Å²) in [4.78, 5) is 7.77. The van der Waals surface area contributed by atoms with E-state index in [1.54, 1.807) is 22.7 Å². The Morgan fingerprint density at radius 2 is 2.15 bits per heavy atom. The fourth-order valence-corrected chi connectivity index (χ4v) is 2.78. The molecule has 0 aliphatic rings. The third-order valence-corrected chi connectivity index (χ3v) is 3.85. The molecule has 0 amide bonds. The number of thiazole rings is 1. The van der Waals surface area contributed by atoms with Gasteiger partial charge in [0, 0.05) is 16.0 Å². The van der Waals surface area contributed by atoms with Crippen molar-refractivity contribution in [3.8, 4) is 9.75 Å². The van der Waals surface area contributed by atoms with Gasteiger partial charge in [0.05, 0.1) is 11.5 Å². The van der Waals surface area contributed by atoms with Crippen LogP contribution < -0.4 is 0 Å². The van der Waals surface area contributed by atoms with Gasteiger partial charge in [-0.05, 0) is 19.1 Å². The number of aryl methyl sites for hydroxylation is 1. The van der Waals surface area contributed by atoms with E-state index in [1.165, 1.54) is 9.75 Å². The van der Waals surface area contributed by atoms with E-state index in [2.05, 4.69) is 24.0 Å². The Morgan fingerprint density at radius 3 is 2.69 bits per heavy atom. The van der Waals surface area contributed by atoms with Gasteiger partial charge in [-0.2, -0.15) is 0 Å². The number of aliphatic hydroxyl groups is 1. The van der Waals surface area contributed by atoms with Gasteiger partial charge >= 0.3 is 0 Å². The molecule has 13 heavy (non-hydrogen) atoms. The summed E-state index contributed by atoms with van der Waals surface area (Å²) in [5, 5.41) is 9.63. The van der Waals surface area contributed by atoms with Crippen LogP contribution in [-0.4, -0.2) is 10.1 Å². The van der Waals surface area contributed by atoms with Crippen molar-refractivity contribution in [1.82, 2.24) is 4.98 Å². The predicted molar refractivity (Wildman–Crippen MR) is 56.1 cm³/mol. The molecule has 0 fully saturated rings. The van der Waals surface area contributed by atoms with Crippen molar-refractivity contribution in [3.63, 3.8) is 0 Å². The van der Waals surface area contributed by atoms with Gasteiger partial charge in [-0.25, -0.2) is 4.98 Å². The molecule has 2 heterocycles. The summed E-state index contributed by atoms with van der Waals surface area (Å²) >= 11 is 3.30. The first-order valence-electron chi connectivity index (χ1n) is 3.92. The molecule has 2 rings (SSSR count). The van der Waals surface area contributed by atoms with Gasteiger partial charge in [0.15, 0.2) is 0 Å². The predicted octanol–water partition coefficient (Wildman–Crippen LogP) is 2.67. The highest BCUT2D eigenvalue weighted by Gasteiger charge is 2.04. The Bertz CT molecular complexity index is 405. The molecule has 0 spiro atoms.